The van der Waals surface area contributed by atoms with E-state index in [1.165, 1.54) is 0 Å². The number of nitrogens with one attached hydrogen (secondary N) is 1. The molecule has 0 atom stereocenters. The molecule has 6 heteroatoms. The molecule has 3 N–H and O–H groups in total. The van der Waals surface area contributed by atoms with Crippen LogP contribution in [0.25, 0.3) is 0 Å². The van der Waals surface area contributed by atoms with E-state index in [-0.39, 0.29) is 5.92 Å². The van der Waals surface area contributed by atoms with Crippen LogP contribution in [0.3, 0.4) is 0 Å². The number of nitrogen functional groups attached to an aromatic ring is 1. The fourth-order valence-corrected chi connectivity index (χ4v) is 2.42. The van der Waals surface area contributed by atoms with Crippen molar-refractivity contribution in [1.82, 2.24) is 9.97 Å². The van der Waals surface area contributed by atoms with E-state index in [4.69, 9.17) is 10.6 Å². The molecular formula is C14H18N4OS. The van der Waals surface area contributed by atoms with Gasteiger partial charge >= 0.3 is 0 Å². The quantitative estimate of drug-likeness (QED) is 0.501. The molecule has 2 rings (SSSR count). The largest absolute Gasteiger partial charge is 0.497 e. The van der Waals surface area contributed by atoms with E-state index in [1.807, 2.05) is 30.3 Å². The predicted molar refractivity (Wildman–Crippen MR) is 81.0 cm³/mol. The van der Waals surface area contributed by atoms with E-state index < -0.39 is 0 Å². The first-order chi connectivity index (χ1) is 9.62. The average Bonchev–Trinajstić information content (AvgIpc) is 2.47. The summed E-state index contributed by atoms with van der Waals surface area (Å²) in [5, 5.41) is 0.863. The van der Waals surface area contributed by atoms with Gasteiger partial charge in [-0.15, -0.1) is 0 Å². The van der Waals surface area contributed by atoms with Crippen LogP contribution in [0.1, 0.15) is 25.6 Å². The van der Waals surface area contributed by atoms with E-state index in [9.17, 15) is 0 Å². The summed E-state index contributed by atoms with van der Waals surface area (Å²) in [4.78, 5) is 9.97. The molecule has 1 heterocycles. The maximum absolute atomic E-state index is 5.45. The lowest BCUT2D eigenvalue weighted by Gasteiger charge is -2.09. The Labute approximate surface area is 122 Å². The summed E-state index contributed by atoms with van der Waals surface area (Å²) < 4.78 is 5.15. The molecule has 0 amide bonds. The van der Waals surface area contributed by atoms with Crippen molar-refractivity contribution in [3.8, 4) is 5.75 Å². The van der Waals surface area contributed by atoms with Crippen molar-refractivity contribution in [1.29, 1.82) is 0 Å². The Morgan fingerprint density at radius 3 is 2.45 bits per heavy atom. The fraction of sp³-hybridized carbons (Fsp3) is 0.286. The fourth-order valence-electron chi connectivity index (χ4n) is 1.59. The molecule has 1 aromatic carbocycles. The van der Waals surface area contributed by atoms with E-state index in [1.54, 1.807) is 18.9 Å². The van der Waals surface area contributed by atoms with Gasteiger partial charge in [0.2, 0.25) is 0 Å². The Morgan fingerprint density at radius 1 is 1.20 bits per heavy atom. The smallest absolute Gasteiger partial charge is 0.144 e. The zero-order valence-electron chi connectivity index (χ0n) is 11.8. The number of nitrogens with two attached hydrogens (primary N) is 1. The molecule has 0 fully saturated rings. The van der Waals surface area contributed by atoms with Gasteiger partial charge in [-0.25, -0.2) is 15.8 Å². The summed E-state index contributed by atoms with van der Waals surface area (Å²) in [7, 11) is 1.65. The van der Waals surface area contributed by atoms with Gasteiger partial charge in [0.05, 0.1) is 7.11 Å². The third-order valence-corrected chi connectivity index (χ3v) is 3.59. The van der Waals surface area contributed by atoms with E-state index in [2.05, 4.69) is 29.2 Å². The number of nitrogens with zero attached hydrogens (tertiary/aromatic N) is 2. The molecule has 2 aromatic rings. The van der Waals surface area contributed by atoms with Crippen molar-refractivity contribution in [3.05, 3.63) is 36.2 Å². The van der Waals surface area contributed by atoms with Gasteiger partial charge in [0.15, 0.2) is 0 Å². The van der Waals surface area contributed by atoms with Crippen LogP contribution in [0.5, 0.6) is 5.75 Å². The highest BCUT2D eigenvalue weighted by atomic mass is 32.2. The molecule has 0 saturated carbocycles. The Hall–Kier alpha value is -1.79. The lowest BCUT2D eigenvalue weighted by molar-refractivity contribution is 0.414. The van der Waals surface area contributed by atoms with Crippen LogP contribution >= 0.6 is 11.8 Å². The number of rotatable bonds is 5. The SMILES string of the molecule is COc1ccc(Sc2cc(NN)nc(C(C)C)n2)cc1. The third-order valence-electron chi connectivity index (χ3n) is 2.67. The molecule has 0 spiro atoms. The highest BCUT2D eigenvalue weighted by Crippen LogP contribution is 2.29. The molecule has 0 unspecified atom stereocenters. The second-order valence-corrected chi connectivity index (χ2v) is 5.62. The summed E-state index contributed by atoms with van der Waals surface area (Å²) >= 11 is 1.57. The topological polar surface area (TPSA) is 73.1 Å². The maximum Gasteiger partial charge on any atom is 0.144 e. The van der Waals surface area contributed by atoms with Gasteiger partial charge in [-0.3, -0.25) is 0 Å². The summed E-state index contributed by atoms with van der Waals surface area (Å²) in [6.45, 7) is 4.11. The van der Waals surface area contributed by atoms with Crippen LogP contribution < -0.4 is 16.0 Å². The molecule has 0 aliphatic heterocycles. The first-order valence-corrected chi connectivity index (χ1v) is 7.11. The summed E-state index contributed by atoms with van der Waals surface area (Å²) in [5.41, 5.74) is 2.58. The summed E-state index contributed by atoms with van der Waals surface area (Å²) in [6, 6.07) is 9.68. The molecule has 0 saturated heterocycles. The van der Waals surface area contributed by atoms with Crippen molar-refractivity contribution in [2.24, 2.45) is 5.84 Å². The number of benzene rings is 1. The number of hydrogen-bond donors (Lipinski definition) is 2. The number of ether oxygens (including phenoxy) is 1. The maximum atomic E-state index is 5.45. The number of methoxy groups -OCH3 is 1. The predicted octanol–water partition coefficient (Wildman–Crippen LogP) is 3.05. The number of hydrogen-bond acceptors (Lipinski definition) is 6. The van der Waals surface area contributed by atoms with Gasteiger partial charge in [0.1, 0.15) is 22.4 Å². The Balaban J connectivity index is 2.24. The van der Waals surface area contributed by atoms with E-state index >= 15 is 0 Å². The van der Waals surface area contributed by atoms with Crippen LogP contribution in [0, 0.1) is 0 Å². The first-order valence-electron chi connectivity index (χ1n) is 6.30. The monoisotopic (exact) mass is 290 g/mol. The van der Waals surface area contributed by atoms with Gasteiger partial charge < -0.3 is 10.2 Å². The lowest BCUT2D eigenvalue weighted by atomic mass is 10.2. The molecule has 1 aromatic heterocycles. The molecule has 106 valence electrons. The second-order valence-electron chi connectivity index (χ2n) is 4.53. The van der Waals surface area contributed by atoms with Gasteiger partial charge in [0, 0.05) is 16.9 Å². The molecule has 20 heavy (non-hydrogen) atoms. The average molecular weight is 290 g/mol. The molecule has 0 bridgehead atoms. The standard InChI is InChI=1S/C14H18N4OS/c1-9(2)14-16-12(18-15)8-13(17-14)20-11-6-4-10(19-3)5-7-11/h4-9H,15H2,1-3H3,(H,16,17,18). The molecule has 5 nitrogen and oxygen atoms in total. The molecule has 0 radical (unpaired) electrons. The van der Waals surface area contributed by atoms with Crippen molar-refractivity contribution in [2.75, 3.05) is 12.5 Å². The summed E-state index contributed by atoms with van der Waals surface area (Å²) in [6.07, 6.45) is 0. The minimum absolute atomic E-state index is 0.249. The highest BCUT2D eigenvalue weighted by molar-refractivity contribution is 7.99. The van der Waals surface area contributed by atoms with Crippen LogP contribution in [0.4, 0.5) is 5.82 Å². The molecular weight excluding hydrogens is 272 g/mol. The zero-order chi connectivity index (χ0) is 14.5. The Bertz CT molecular complexity index is 572. The Morgan fingerprint density at radius 2 is 1.90 bits per heavy atom. The van der Waals surface area contributed by atoms with Crippen LogP contribution in [0.2, 0.25) is 0 Å². The number of aromatic nitrogens is 2. The molecule has 0 aliphatic rings. The van der Waals surface area contributed by atoms with Gasteiger partial charge in [-0.1, -0.05) is 25.6 Å². The van der Waals surface area contributed by atoms with Gasteiger partial charge in [-0.05, 0) is 24.3 Å². The normalized spacial score (nSPS) is 10.7. The van der Waals surface area contributed by atoms with Crippen LogP contribution in [0.15, 0.2) is 40.3 Å². The zero-order valence-corrected chi connectivity index (χ0v) is 12.6. The van der Waals surface area contributed by atoms with E-state index in [0.717, 1.165) is 21.5 Å². The molecule has 0 aliphatic carbocycles. The van der Waals surface area contributed by atoms with Gasteiger partial charge in [0.25, 0.3) is 0 Å². The number of hydrazine groups is 1. The van der Waals surface area contributed by atoms with Crippen molar-refractivity contribution in [2.45, 2.75) is 29.7 Å². The summed E-state index contributed by atoms with van der Waals surface area (Å²) in [5.74, 6) is 7.94. The van der Waals surface area contributed by atoms with Crippen LogP contribution in [-0.4, -0.2) is 17.1 Å². The lowest BCUT2D eigenvalue weighted by Crippen LogP contribution is -2.11. The van der Waals surface area contributed by atoms with Crippen molar-refractivity contribution < 1.29 is 4.74 Å². The van der Waals surface area contributed by atoms with Gasteiger partial charge in [-0.2, -0.15) is 0 Å². The second kappa shape index (κ2) is 6.58. The minimum Gasteiger partial charge on any atom is -0.497 e. The first kappa shape index (κ1) is 14.6. The highest BCUT2D eigenvalue weighted by Gasteiger charge is 2.09. The number of anilines is 1. The van der Waals surface area contributed by atoms with E-state index in [0.29, 0.717) is 5.82 Å². The van der Waals surface area contributed by atoms with Crippen molar-refractivity contribution in [3.63, 3.8) is 0 Å². The minimum atomic E-state index is 0.249. The van der Waals surface area contributed by atoms with Crippen LogP contribution in [-0.2, 0) is 0 Å². The van der Waals surface area contributed by atoms with Crippen molar-refractivity contribution >= 4 is 17.6 Å². The Kier molecular flexibility index (Phi) is 4.81. The third kappa shape index (κ3) is 3.61.